The molecule has 2 N–H and O–H groups in total. The Morgan fingerprint density at radius 1 is 1.09 bits per heavy atom. The van der Waals surface area contributed by atoms with Gasteiger partial charge < -0.3 is 34.2 Å². The van der Waals surface area contributed by atoms with Gasteiger partial charge in [0.15, 0.2) is 5.75 Å². The van der Waals surface area contributed by atoms with Crippen molar-refractivity contribution in [3.8, 4) is 11.5 Å². The molecule has 2 heterocycles. The summed E-state index contributed by atoms with van der Waals surface area (Å²) in [6.45, 7) is 4.24. The van der Waals surface area contributed by atoms with Gasteiger partial charge in [0.2, 0.25) is 20.0 Å². The molecule has 47 heavy (non-hydrogen) atoms. The Morgan fingerprint density at radius 2 is 1.79 bits per heavy atom. The molecule has 2 saturated heterocycles. The molecule has 2 fully saturated rings. The minimum Gasteiger partial charge on any atom is -0.627 e. The summed E-state index contributed by atoms with van der Waals surface area (Å²) in [4.78, 5) is 76.3. The molecule has 0 radical (unpaired) electrons. The Morgan fingerprint density at radius 3 is 2.43 bits per heavy atom. The quantitative estimate of drug-likeness (QED) is 0.227. The monoisotopic (exact) mass is 682 g/mol. The lowest BCUT2D eigenvalue weighted by Crippen LogP contribution is -2.76. The number of phosphoric ester groups is 1. The van der Waals surface area contributed by atoms with Crippen LogP contribution in [-0.4, -0.2) is 81.5 Å². The molecule has 3 aromatic carbocycles. The van der Waals surface area contributed by atoms with Gasteiger partial charge in [-0.2, -0.15) is 0 Å². The molecule has 0 aromatic heterocycles. The van der Waals surface area contributed by atoms with Gasteiger partial charge in [0.05, 0.1) is 25.2 Å². The average molecular weight is 683 g/mol. The molecule has 0 spiro atoms. The number of carbonyl (C=O) groups is 3. The number of phosphoric acid groups is 1. The van der Waals surface area contributed by atoms with Crippen LogP contribution in [0, 0.1) is 0 Å². The topological polar surface area (TPSA) is 161 Å². The van der Waals surface area contributed by atoms with E-state index >= 15 is 0 Å². The summed E-state index contributed by atoms with van der Waals surface area (Å²) >= 11 is 6.38. The van der Waals surface area contributed by atoms with Crippen LogP contribution in [0.4, 0.5) is 4.79 Å². The molecule has 0 aliphatic carbocycles. The number of nitrogens with zero attached hydrogens (tertiary/aromatic N) is 4. The van der Waals surface area contributed by atoms with E-state index in [1.54, 1.807) is 34.2 Å². The zero-order chi connectivity index (χ0) is 33.7. The van der Waals surface area contributed by atoms with Crippen molar-refractivity contribution in [3.05, 3.63) is 107 Å². The first kappa shape index (κ1) is 34.1. The summed E-state index contributed by atoms with van der Waals surface area (Å²) in [7, 11) is -3.51. The zero-order valence-electron chi connectivity index (χ0n) is 25.5. The van der Waals surface area contributed by atoms with Crippen molar-refractivity contribution in [1.82, 2.24) is 25.1 Å². The molecule has 0 unspecified atom stereocenters. The molecule has 248 valence electrons. The summed E-state index contributed by atoms with van der Waals surface area (Å²) in [6.07, 6.45) is 0.780. The van der Waals surface area contributed by atoms with E-state index in [0.29, 0.717) is 21.9 Å². The second-order valence-electron chi connectivity index (χ2n) is 11.0. The number of carbonyl (C=O) groups excluding carboxylic acids is 3. The van der Waals surface area contributed by atoms with Crippen LogP contribution in [0.1, 0.15) is 16.7 Å². The van der Waals surface area contributed by atoms with E-state index in [1.807, 2.05) is 30.3 Å². The third-order valence-corrected chi connectivity index (χ3v) is 8.56. The Bertz CT molecular complexity index is 1610. The second-order valence-corrected chi connectivity index (χ2v) is 12.5. The third kappa shape index (κ3) is 8.20. The van der Waals surface area contributed by atoms with Gasteiger partial charge in [-0.3, -0.25) is 9.59 Å². The van der Waals surface area contributed by atoms with Crippen molar-refractivity contribution in [2.75, 3.05) is 26.7 Å². The van der Waals surface area contributed by atoms with E-state index in [4.69, 9.17) is 21.2 Å². The molecule has 3 aromatic rings. The number of hydrogen-bond acceptors (Lipinski definition) is 9. The number of amides is 4. The van der Waals surface area contributed by atoms with E-state index in [-0.39, 0.29) is 56.7 Å². The maximum Gasteiger partial charge on any atom is 0.334 e. The van der Waals surface area contributed by atoms with E-state index in [1.165, 1.54) is 41.3 Å². The molecule has 2 atom stereocenters. The van der Waals surface area contributed by atoms with Gasteiger partial charge in [0.25, 0.3) is 0 Å². The molecular weight excluding hydrogens is 649 g/mol. The fourth-order valence-corrected chi connectivity index (χ4v) is 6.44. The summed E-state index contributed by atoms with van der Waals surface area (Å²) < 4.78 is 9.81. The summed E-state index contributed by atoms with van der Waals surface area (Å²) in [5, 5.41) is 6.39. The first-order valence-corrected chi connectivity index (χ1v) is 16.6. The van der Waals surface area contributed by atoms with E-state index < -0.39 is 26.4 Å². The highest BCUT2D eigenvalue weighted by Gasteiger charge is 2.51. The van der Waals surface area contributed by atoms with E-state index in [9.17, 15) is 24.2 Å². The van der Waals surface area contributed by atoms with Crippen molar-refractivity contribution < 1.29 is 38.3 Å². The number of hydrogen-bond donors (Lipinski definition) is 2. The number of benzene rings is 3. The summed E-state index contributed by atoms with van der Waals surface area (Å²) in [5.41, 5.74) is 2.19. The zero-order valence-corrected chi connectivity index (χ0v) is 27.2. The van der Waals surface area contributed by atoms with Crippen molar-refractivity contribution in [3.63, 3.8) is 0 Å². The molecule has 0 bridgehead atoms. The second kappa shape index (κ2) is 14.7. The Labute approximate surface area is 277 Å². The van der Waals surface area contributed by atoms with Crippen LogP contribution in [-0.2, 0) is 29.1 Å². The predicted octanol–water partition coefficient (Wildman–Crippen LogP) is 1.85. The van der Waals surface area contributed by atoms with Crippen molar-refractivity contribution in [1.29, 1.82) is 0 Å². The highest BCUT2D eigenvalue weighted by molar-refractivity contribution is 7.50. The fraction of sp³-hybridized carbons (Fsp3) is 0.281. The molecule has 0 saturated carbocycles. The van der Waals surface area contributed by atoms with Crippen LogP contribution in [0.25, 0.3) is 0 Å². The molecular formula is C32H34ClN5O8P-. The van der Waals surface area contributed by atoms with Gasteiger partial charge in [-0.15, -0.1) is 6.58 Å². The molecule has 13 nitrogen and oxygen atoms in total. The van der Waals surface area contributed by atoms with E-state index in [2.05, 4.69) is 16.4 Å². The van der Waals surface area contributed by atoms with Gasteiger partial charge in [-0.25, -0.2) is 19.7 Å². The van der Waals surface area contributed by atoms with Gasteiger partial charge in [0, 0.05) is 26.1 Å². The third-order valence-electron chi connectivity index (χ3n) is 7.83. The smallest absolute Gasteiger partial charge is 0.334 e. The van der Waals surface area contributed by atoms with Gasteiger partial charge in [0.1, 0.15) is 18.0 Å². The number of fused-ring (bicyclic) bond motifs is 1. The molecule has 5 rings (SSSR count). The molecule has 2 aliphatic rings. The Balaban J connectivity index is 1.48. The van der Waals surface area contributed by atoms with E-state index in [0.717, 1.165) is 5.56 Å². The van der Waals surface area contributed by atoms with Gasteiger partial charge >= 0.3 is 6.03 Å². The first-order valence-electron chi connectivity index (χ1n) is 14.7. The molecule has 4 amide bonds. The number of rotatable bonds is 11. The van der Waals surface area contributed by atoms with Gasteiger partial charge in [-0.1, -0.05) is 66.2 Å². The van der Waals surface area contributed by atoms with Crippen LogP contribution in [0.15, 0.2) is 85.5 Å². The highest BCUT2D eigenvalue weighted by Crippen LogP contribution is 2.37. The maximum atomic E-state index is 14.2. The lowest BCUT2D eigenvalue weighted by atomic mass is 9.98. The molecule has 2 aliphatic heterocycles. The van der Waals surface area contributed by atoms with Crippen molar-refractivity contribution >= 4 is 37.6 Å². The maximum absolute atomic E-state index is 14.2. The van der Waals surface area contributed by atoms with Crippen LogP contribution in [0.5, 0.6) is 11.5 Å². The Hall–Kier alpha value is -4.23. The van der Waals surface area contributed by atoms with Gasteiger partial charge in [-0.05, 0) is 41.0 Å². The predicted molar refractivity (Wildman–Crippen MR) is 170 cm³/mol. The van der Waals surface area contributed by atoms with Crippen molar-refractivity contribution in [2.24, 2.45) is 0 Å². The number of halogens is 1. The summed E-state index contributed by atoms with van der Waals surface area (Å²) in [6, 6.07) is 18.9. The lowest BCUT2D eigenvalue weighted by Gasteiger charge is -2.55. The minimum atomic E-state index is -5.02. The van der Waals surface area contributed by atoms with Crippen LogP contribution in [0.3, 0.4) is 0 Å². The number of hydrazine groups is 1. The van der Waals surface area contributed by atoms with Crippen LogP contribution < -0.4 is 24.4 Å². The lowest BCUT2D eigenvalue weighted by molar-refractivity contribution is -0.353. The standard InChI is InChI=1S/C32H35ClN5O8P/c1-3-15-36-21-30(39)37-27(17-22-9-12-25(13-10-22)46-47(42,43)44)31(40)35(19-24-11-14-28(45-2)26(33)16-24)20-29(37)38(36)32(41)34-18-23-7-5-4-6-8-23/h3-14,16,27,29H,1,15,17-21H2,2H3,(H,34,41)(H2,42,43,44)/p-1/t27-,29-/m0/s1. The normalized spacial score (nSPS) is 18.5. The number of urea groups is 1. The Kier molecular flexibility index (Phi) is 10.7. The number of ether oxygens (including phenoxy) is 1. The van der Waals surface area contributed by atoms with Crippen molar-refractivity contribution in [2.45, 2.75) is 31.7 Å². The first-order chi connectivity index (χ1) is 22.5. The largest absolute Gasteiger partial charge is 0.627 e. The minimum absolute atomic E-state index is 0.0131. The SMILES string of the molecule is C=CCN1CC(=O)N2[C@@H](Cc3ccc(O[P+]([O-])([O-])O)cc3)C(=O)N(Cc3ccc(OC)c(Cl)c3)C[C@@H]2N1C(=O)NCc1ccccc1. The molecule has 15 heteroatoms. The number of methoxy groups -OCH3 is 1. The number of piperazine rings is 1. The average Bonchev–Trinajstić information content (AvgIpc) is 3.03. The van der Waals surface area contributed by atoms with Crippen LogP contribution in [0.2, 0.25) is 5.02 Å². The summed E-state index contributed by atoms with van der Waals surface area (Å²) in [5.74, 6) is -0.327. The van der Waals surface area contributed by atoms with Crippen LogP contribution >= 0.6 is 19.8 Å². The fourth-order valence-electron chi connectivity index (χ4n) is 5.77. The highest BCUT2D eigenvalue weighted by atomic mass is 35.5. The number of nitrogens with one attached hydrogen (secondary N) is 1.